The molecule has 21 heavy (non-hydrogen) atoms. The molecule has 0 N–H and O–H groups in total. The fourth-order valence-electron chi connectivity index (χ4n) is 2.75. The van der Waals surface area contributed by atoms with Crippen molar-refractivity contribution < 1.29 is 9.15 Å². The lowest BCUT2D eigenvalue weighted by Gasteiger charge is -2.31. The Hall–Kier alpha value is -1.40. The molecule has 0 amide bonds. The highest BCUT2D eigenvalue weighted by molar-refractivity contribution is 7.99. The summed E-state index contributed by atoms with van der Waals surface area (Å²) in [6.07, 6.45) is 6.32. The molecule has 1 aliphatic heterocycles. The fraction of sp³-hybridized carbons (Fsp3) is 0.533. The molecule has 6 heteroatoms. The Labute approximate surface area is 128 Å². The zero-order chi connectivity index (χ0) is 14.7. The second kappa shape index (κ2) is 6.58. The van der Waals surface area contributed by atoms with Crippen LogP contribution in [0.3, 0.4) is 0 Å². The van der Waals surface area contributed by atoms with E-state index < -0.39 is 0 Å². The van der Waals surface area contributed by atoms with Crippen molar-refractivity contribution in [2.45, 2.75) is 44.1 Å². The molecule has 112 valence electrons. The number of hydrogen-bond acceptors (Lipinski definition) is 6. The first-order chi connectivity index (χ1) is 10.2. The molecule has 1 unspecified atom stereocenters. The predicted octanol–water partition coefficient (Wildman–Crippen LogP) is 3.43. The lowest BCUT2D eigenvalue weighted by Crippen LogP contribution is -2.30. The largest absolute Gasteiger partial charge is 0.411 e. The zero-order valence-corrected chi connectivity index (χ0v) is 13.0. The maximum atomic E-state index is 5.76. The summed E-state index contributed by atoms with van der Waals surface area (Å²) in [5.41, 5.74) is 0.901. The third-order valence-corrected chi connectivity index (χ3v) is 4.62. The molecular weight excluding hydrogens is 286 g/mol. The van der Waals surface area contributed by atoms with Gasteiger partial charge < -0.3 is 9.15 Å². The van der Waals surface area contributed by atoms with Crippen LogP contribution in [0.15, 0.2) is 34.2 Å². The Kier molecular flexibility index (Phi) is 4.55. The Morgan fingerprint density at radius 1 is 1.14 bits per heavy atom. The topological polar surface area (TPSA) is 61.0 Å². The molecule has 0 spiro atoms. The summed E-state index contributed by atoms with van der Waals surface area (Å²) >= 11 is 1.64. The number of aromatic nitrogens is 3. The second-order valence-corrected chi connectivity index (χ2v) is 6.49. The summed E-state index contributed by atoms with van der Waals surface area (Å²) < 4.78 is 11.5. The van der Waals surface area contributed by atoms with Gasteiger partial charge in [0.2, 0.25) is 5.89 Å². The van der Waals surface area contributed by atoms with E-state index in [0.29, 0.717) is 29.2 Å². The van der Waals surface area contributed by atoms with Gasteiger partial charge in [-0.3, -0.25) is 4.98 Å². The molecule has 3 rings (SSSR count). The van der Waals surface area contributed by atoms with E-state index in [-0.39, 0.29) is 0 Å². The van der Waals surface area contributed by atoms with Crippen LogP contribution in [0.2, 0.25) is 0 Å². The lowest BCUT2D eigenvalue weighted by molar-refractivity contribution is -0.0476. The van der Waals surface area contributed by atoms with Crippen molar-refractivity contribution in [3.63, 3.8) is 0 Å². The third kappa shape index (κ3) is 3.83. The Bertz CT molecular complexity index is 565. The number of thioether (sulfide) groups is 1. The average molecular weight is 305 g/mol. The monoisotopic (exact) mass is 305 g/mol. The molecule has 1 fully saturated rings. The van der Waals surface area contributed by atoms with Crippen LogP contribution in [0, 0.1) is 5.92 Å². The first kappa shape index (κ1) is 14.5. The standard InChI is InChI=1S/C15H19N3O2S/c1-10-7-12(8-11(2)19-10)9-21-15-18-17-14(20-15)13-3-5-16-6-4-13/h3-6,10-12H,7-9H2,1-2H3/t10-,11+,12?. The fourth-order valence-corrected chi connectivity index (χ4v) is 3.63. The van der Waals surface area contributed by atoms with Crippen LogP contribution in [-0.2, 0) is 4.74 Å². The quantitative estimate of drug-likeness (QED) is 0.807. The van der Waals surface area contributed by atoms with Gasteiger partial charge in [0.05, 0.1) is 12.2 Å². The van der Waals surface area contributed by atoms with E-state index in [9.17, 15) is 0 Å². The van der Waals surface area contributed by atoms with Gasteiger partial charge in [-0.1, -0.05) is 11.8 Å². The van der Waals surface area contributed by atoms with Crippen molar-refractivity contribution in [2.24, 2.45) is 5.92 Å². The number of rotatable bonds is 4. The van der Waals surface area contributed by atoms with E-state index in [0.717, 1.165) is 24.2 Å². The summed E-state index contributed by atoms with van der Waals surface area (Å²) in [7, 11) is 0. The van der Waals surface area contributed by atoms with Crippen LogP contribution in [-0.4, -0.2) is 33.1 Å². The van der Waals surface area contributed by atoms with Gasteiger partial charge in [0.15, 0.2) is 0 Å². The molecule has 2 aromatic rings. The normalized spacial score (nSPS) is 25.9. The molecule has 3 heterocycles. The lowest BCUT2D eigenvalue weighted by atomic mass is 9.94. The highest BCUT2D eigenvalue weighted by Gasteiger charge is 2.25. The van der Waals surface area contributed by atoms with Crippen molar-refractivity contribution in [3.8, 4) is 11.5 Å². The minimum absolute atomic E-state index is 0.342. The van der Waals surface area contributed by atoms with Crippen LogP contribution in [0.4, 0.5) is 0 Å². The number of ether oxygens (including phenoxy) is 1. The van der Waals surface area contributed by atoms with Crippen LogP contribution >= 0.6 is 11.8 Å². The van der Waals surface area contributed by atoms with Crippen molar-refractivity contribution in [1.82, 2.24) is 15.2 Å². The Morgan fingerprint density at radius 3 is 2.57 bits per heavy atom. The Morgan fingerprint density at radius 2 is 1.86 bits per heavy atom. The minimum atomic E-state index is 0.342. The van der Waals surface area contributed by atoms with Gasteiger partial charge in [-0.25, -0.2) is 0 Å². The molecule has 1 aliphatic rings. The zero-order valence-electron chi connectivity index (χ0n) is 12.2. The first-order valence-electron chi connectivity index (χ1n) is 7.23. The molecule has 5 nitrogen and oxygen atoms in total. The van der Waals surface area contributed by atoms with Gasteiger partial charge in [0.25, 0.3) is 5.22 Å². The molecular formula is C15H19N3O2S. The molecule has 1 saturated heterocycles. The van der Waals surface area contributed by atoms with E-state index in [4.69, 9.17) is 9.15 Å². The highest BCUT2D eigenvalue weighted by Crippen LogP contribution is 2.31. The van der Waals surface area contributed by atoms with E-state index in [2.05, 4.69) is 29.0 Å². The molecule has 0 radical (unpaired) electrons. The van der Waals surface area contributed by atoms with Gasteiger partial charge in [0, 0.05) is 23.7 Å². The second-order valence-electron chi connectivity index (χ2n) is 5.51. The van der Waals surface area contributed by atoms with E-state index in [1.54, 1.807) is 24.2 Å². The SMILES string of the molecule is C[C@@H]1CC(CSc2nnc(-c3ccncc3)o2)C[C@H](C)O1. The van der Waals surface area contributed by atoms with Crippen molar-refractivity contribution in [1.29, 1.82) is 0 Å². The van der Waals surface area contributed by atoms with Crippen LogP contribution in [0.1, 0.15) is 26.7 Å². The molecule has 0 saturated carbocycles. The smallest absolute Gasteiger partial charge is 0.276 e. The number of hydrogen-bond donors (Lipinski definition) is 0. The van der Waals surface area contributed by atoms with E-state index in [1.807, 2.05) is 12.1 Å². The van der Waals surface area contributed by atoms with Crippen LogP contribution in [0.25, 0.3) is 11.5 Å². The van der Waals surface area contributed by atoms with Gasteiger partial charge in [-0.2, -0.15) is 0 Å². The average Bonchev–Trinajstić information content (AvgIpc) is 2.94. The summed E-state index contributed by atoms with van der Waals surface area (Å²) in [6.45, 7) is 4.28. The molecule has 2 aromatic heterocycles. The van der Waals surface area contributed by atoms with Crippen LogP contribution < -0.4 is 0 Å². The third-order valence-electron chi connectivity index (χ3n) is 3.57. The first-order valence-corrected chi connectivity index (χ1v) is 8.21. The maximum Gasteiger partial charge on any atom is 0.276 e. The van der Waals surface area contributed by atoms with Crippen molar-refractivity contribution in [2.75, 3.05) is 5.75 Å². The Balaban J connectivity index is 1.58. The summed E-state index contributed by atoms with van der Waals surface area (Å²) in [5, 5.41) is 8.83. The minimum Gasteiger partial charge on any atom is -0.411 e. The van der Waals surface area contributed by atoms with Gasteiger partial charge in [-0.15, -0.1) is 10.2 Å². The summed E-state index contributed by atoms with van der Waals surface area (Å²) in [5.74, 6) is 2.19. The summed E-state index contributed by atoms with van der Waals surface area (Å²) in [4.78, 5) is 3.98. The van der Waals surface area contributed by atoms with Gasteiger partial charge in [0.1, 0.15) is 0 Å². The van der Waals surface area contributed by atoms with Gasteiger partial charge >= 0.3 is 0 Å². The maximum absolute atomic E-state index is 5.76. The van der Waals surface area contributed by atoms with E-state index in [1.165, 1.54) is 0 Å². The van der Waals surface area contributed by atoms with Crippen LogP contribution in [0.5, 0.6) is 0 Å². The molecule has 0 aliphatic carbocycles. The van der Waals surface area contributed by atoms with Crippen molar-refractivity contribution >= 4 is 11.8 Å². The molecule has 3 atom stereocenters. The van der Waals surface area contributed by atoms with E-state index >= 15 is 0 Å². The summed E-state index contributed by atoms with van der Waals surface area (Å²) in [6, 6.07) is 3.73. The highest BCUT2D eigenvalue weighted by atomic mass is 32.2. The van der Waals surface area contributed by atoms with Gasteiger partial charge in [-0.05, 0) is 44.7 Å². The van der Waals surface area contributed by atoms with Crippen molar-refractivity contribution in [3.05, 3.63) is 24.5 Å². The molecule has 0 bridgehead atoms. The molecule has 0 aromatic carbocycles. The number of nitrogens with zero attached hydrogens (tertiary/aromatic N) is 3. The number of pyridine rings is 1. The predicted molar refractivity (Wildman–Crippen MR) is 81.0 cm³/mol.